The molecule has 0 fully saturated rings. The molecule has 0 saturated heterocycles. The van der Waals surface area contributed by atoms with Crippen molar-refractivity contribution in [1.29, 1.82) is 0 Å². The molecule has 0 unspecified atom stereocenters. The van der Waals surface area contributed by atoms with Crippen LogP contribution in [0, 0.1) is 0 Å². The molecule has 3 aromatic rings. The lowest BCUT2D eigenvalue weighted by molar-refractivity contribution is 0.0565. The Morgan fingerprint density at radius 3 is 2.48 bits per heavy atom. The summed E-state index contributed by atoms with van der Waals surface area (Å²) in [7, 11) is 1.24. The Kier molecular flexibility index (Phi) is 3.28. The summed E-state index contributed by atoms with van der Waals surface area (Å²) in [6.07, 6.45) is 0. The van der Waals surface area contributed by atoms with Crippen LogP contribution in [0.4, 0.5) is 0 Å². The smallest absolute Gasteiger partial charge is 0.374 e. The van der Waals surface area contributed by atoms with E-state index in [9.17, 15) is 9.59 Å². The van der Waals surface area contributed by atoms with Gasteiger partial charge in [-0.3, -0.25) is 4.79 Å². The van der Waals surface area contributed by atoms with Gasteiger partial charge < -0.3 is 9.15 Å². The number of fused-ring (bicyclic) bond motifs is 1. The van der Waals surface area contributed by atoms with Crippen LogP contribution in [-0.2, 0) is 4.74 Å². The van der Waals surface area contributed by atoms with E-state index in [2.05, 4.69) is 4.74 Å². The summed E-state index contributed by atoms with van der Waals surface area (Å²) in [5.41, 5.74) is 2.01. The maximum atomic E-state index is 12.0. The summed E-state index contributed by atoms with van der Waals surface area (Å²) in [6, 6.07) is 16.2. The molecule has 0 amide bonds. The Bertz CT molecular complexity index is 863. The number of rotatable bonds is 2. The first-order valence-corrected chi connectivity index (χ1v) is 6.40. The molecular weight excluding hydrogens is 268 g/mol. The fourth-order valence-corrected chi connectivity index (χ4v) is 2.17. The second-order valence-electron chi connectivity index (χ2n) is 4.54. The molecule has 0 radical (unpaired) electrons. The van der Waals surface area contributed by atoms with Crippen LogP contribution in [0.25, 0.3) is 22.1 Å². The van der Waals surface area contributed by atoms with E-state index in [0.29, 0.717) is 11.0 Å². The van der Waals surface area contributed by atoms with Gasteiger partial charge >= 0.3 is 5.97 Å². The summed E-state index contributed by atoms with van der Waals surface area (Å²) >= 11 is 0. The molecule has 3 rings (SSSR count). The molecule has 104 valence electrons. The zero-order valence-electron chi connectivity index (χ0n) is 11.3. The van der Waals surface area contributed by atoms with Gasteiger partial charge in [-0.15, -0.1) is 0 Å². The molecule has 0 spiro atoms. The summed E-state index contributed by atoms with van der Waals surface area (Å²) in [5.74, 6) is -0.765. The highest BCUT2D eigenvalue weighted by Gasteiger charge is 2.12. The third kappa shape index (κ3) is 2.43. The van der Waals surface area contributed by atoms with Gasteiger partial charge in [-0.1, -0.05) is 36.4 Å². The zero-order chi connectivity index (χ0) is 14.8. The lowest BCUT2D eigenvalue weighted by atomic mass is 10.0. The third-order valence-electron chi connectivity index (χ3n) is 3.22. The van der Waals surface area contributed by atoms with Gasteiger partial charge in [0.1, 0.15) is 5.58 Å². The van der Waals surface area contributed by atoms with E-state index in [1.54, 1.807) is 12.1 Å². The quantitative estimate of drug-likeness (QED) is 0.676. The van der Waals surface area contributed by atoms with Crippen molar-refractivity contribution >= 4 is 16.9 Å². The lowest BCUT2D eigenvalue weighted by Gasteiger charge is -2.04. The Labute approximate surface area is 120 Å². The normalized spacial score (nSPS) is 10.5. The van der Waals surface area contributed by atoms with Crippen LogP contribution in [0.1, 0.15) is 10.6 Å². The van der Waals surface area contributed by atoms with E-state index < -0.39 is 5.97 Å². The SMILES string of the molecule is COC(=O)c1cc(=O)c2ccc(-c3ccccc3)cc2o1. The summed E-state index contributed by atoms with van der Waals surface area (Å²) in [5, 5.41) is 0.433. The predicted molar refractivity (Wildman–Crippen MR) is 79.3 cm³/mol. The van der Waals surface area contributed by atoms with Gasteiger partial charge in [0.05, 0.1) is 12.5 Å². The van der Waals surface area contributed by atoms with Crippen LogP contribution >= 0.6 is 0 Å². The lowest BCUT2D eigenvalue weighted by Crippen LogP contribution is -2.08. The Balaban J connectivity index is 2.21. The molecule has 2 aromatic carbocycles. The number of ether oxygens (including phenoxy) is 1. The minimum absolute atomic E-state index is 0.0970. The first kappa shape index (κ1) is 13.1. The number of carbonyl (C=O) groups excluding carboxylic acids is 1. The highest BCUT2D eigenvalue weighted by Crippen LogP contribution is 2.23. The molecule has 0 bridgehead atoms. The Morgan fingerprint density at radius 2 is 1.76 bits per heavy atom. The van der Waals surface area contributed by atoms with Crippen molar-refractivity contribution in [2.24, 2.45) is 0 Å². The maximum Gasteiger partial charge on any atom is 0.374 e. The predicted octanol–water partition coefficient (Wildman–Crippen LogP) is 3.25. The van der Waals surface area contributed by atoms with Gasteiger partial charge in [0, 0.05) is 6.07 Å². The fourth-order valence-electron chi connectivity index (χ4n) is 2.17. The maximum absolute atomic E-state index is 12.0. The first-order valence-electron chi connectivity index (χ1n) is 6.40. The van der Waals surface area contributed by atoms with Crippen molar-refractivity contribution in [3.63, 3.8) is 0 Å². The molecule has 0 atom stereocenters. The van der Waals surface area contributed by atoms with E-state index in [4.69, 9.17) is 4.42 Å². The van der Waals surface area contributed by atoms with Crippen LogP contribution in [-0.4, -0.2) is 13.1 Å². The van der Waals surface area contributed by atoms with Crippen LogP contribution in [0.3, 0.4) is 0 Å². The van der Waals surface area contributed by atoms with Gasteiger partial charge in [-0.05, 0) is 23.3 Å². The van der Waals surface area contributed by atoms with E-state index in [0.717, 1.165) is 17.2 Å². The van der Waals surface area contributed by atoms with Crippen LogP contribution in [0.5, 0.6) is 0 Å². The van der Waals surface area contributed by atoms with Crippen molar-refractivity contribution in [2.75, 3.05) is 7.11 Å². The summed E-state index contributed by atoms with van der Waals surface area (Å²) in [6.45, 7) is 0. The van der Waals surface area contributed by atoms with Crippen LogP contribution < -0.4 is 5.43 Å². The fraction of sp³-hybridized carbons (Fsp3) is 0.0588. The largest absolute Gasteiger partial charge is 0.463 e. The average molecular weight is 280 g/mol. The number of esters is 1. The van der Waals surface area contributed by atoms with Crippen molar-refractivity contribution in [3.8, 4) is 11.1 Å². The molecule has 4 heteroatoms. The number of carbonyl (C=O) groups is 1. The van der Waals surface area contributed by atoms with Crippen molar-refractivity contribution < 1.29 is 13.9 Å². The molecule has 0 aliphatic heterocycles. The second kappa shape index (κ2) is 5.25. The van der Waals surface area contributed by atoms with Gasteiger partial charge in [-0.2, -0.15) is 0 Å². The van der Waals surface area contributed by atoms with E-state index in [1.807, 2.05) is 36.4 Å². The molecule has 0 aliphatic rings. The van der Waals surface area contributed by atoms with Crippen LogP contribution in [0.2, 0.25) is 0 Å². The minimum Gasteiger partial charge on any atom is -0.463 e. The second-order valence-corrected chi connectivity index (χ2v) is 4.54. The van der Waals surface area contributed by atoms with Gasteiger partial charge in [0.15, 0.2) is 5.43 Å². The number of methoxy groups -OCH3 is 1. The molecular formula is C17H12O4. The number of hydrogen-bond acceptors (Lipinski definition) is 4. The molecule has 0 aliphatic carbocycles. The number of benzene rings is 2. The molecule has 1 aromatic heterocycles. The molecule has 0 saturated carbocycles. The molecule has 21 heavy (non-hydrogen) atoms. The number of hydrogen-bond donors (Lipinski definition) is 0. The average Bonchev–Trinajstić information content (AvgIpc) is 2.54. The highest BCUT2D eigenvalue weighted by atomic mass is 16.5. The molecule has 0 N–H and O–H groups in total. The van der Waals surface area contributed by atoms with E-state index in [-0.39, 0.29) is 11.2 Å². The highest BCUT2D eigenvalue weighted by molar-refractivity contribution is 5.90. The van der Waals surface area contributed by atoms with Crippen molar-refractivity contribution in [3.05, 3.63) is 70.6 Å². The van der Waals surface area contributed by atoms with Gasteiger partial charge in [-0.25, -0.2) is 4.79 Å². The zero-order valence-corrected chi connectivity index (χ0v) is 11.3. The monoisotopic (exact) mass is 280 g/mol. The van der Waals surface area contributed by atoms with E-state index in [1.165, 1.54) is 7.11 Å². The standard InChI is InChI=1S/C17H12O4/c1-20-17(19)16-10-14(18)13-8-7-12(9-15(13)21-16)11-5-3-2-4-6-11/h2-10H,1H3. The van der Waals surface area contributed by atoms with Gasteiger partial charge in [0.2, 0.25) is 5.76 Å². The van der Waals surface area contributed by atoms with E-state index >= 15 is 0 Å². The van der Waals surface area contributed by atoms with Gasteiger partial charge in [0.25, 0.3) is 0 Å². The van der Waals surface area contributed by atoms with Crippen LogP contribution in [0.15, 0.2) is 63.8 Å². The minimum atomic E-state index is -0.667. The third-order valence-corrected chi connectivity index (χ3v) is 3.22. The summed E-state index contributed by atoms with van der Waals surface area (Å²) in [4.78, 5) is 23.5. The molecule has 1 heterocycles. The van der Waals surface area contributed by atoms with Crippen molar-refractivity contribution in [2.45, 2.75) is 0 Å². The van der Waals surface area contributed by atoms with Crippen molar-refractivity contribution in [1.82, 2.24) is 0 Å². The topological polar surface area (TPSA) is 56.5 Å². The molecule has 4 nitrogen and oxygen atoms in total. The Hall–Kier alpha value is -2.88. The Morgan fingerprint density at radius 1 is 1.00 bits per heavy atom. The first-order chi connectivity index (χ1) is 10.2. The summed E-state index contributed by atoms with van der Waals surface area (Å²) < 4.78 is 10.1.